The van der Waals surface area contributed by atoms with Gasteiger partial charge in [0.1, 0.15) is 0 Å². The summed E-state index contributed by atoms with van der Waals surface area (Å²) in [5.74, 6) is -1.49. The largest absolute Gasteiger partial charge is 0.312 e. The molecule has 16 heavy (non-hydrogen) atoms. The van der Waals surface area contributed by atoms with E-state index in [1.807, 2.05) is 0 Å². The topological polar surface area (TPSA) is 12.0 Å². The van der Waals surface area contributed by atoms with Crippen LogP contribution in [0.4, 0.5) is 8.78 Å². The fourth-order valence-corrected chi connectivity index (χ4v) is 1.98. The van der Waals surface area contributed by atoms with Crippen molar-refractivity contribution in [3.05, 3.63) is 35.4 Å². The summed E-state index contributed by atoms with van der Waals surface area (Å²) in [5, 5.41) is 3.22. The Labute approximate surface area is 94.9 Å². The molecule has 1 aliphatic rings. The van der Waals surface area contributed by atoms with Crippen LogP contribution in [0.3, 0.4) is 0 Å². The molecule has 0 saturated heterocycles. The Bertz CT molecular complexity index is 372. The van der Waals surface area contributed by atoms with E-state index in [0.717, 1.165) is 19.0 Å². The first-order valence-corrected chi connectivity index (χ1v) is 5.80. The second-order valence-electron chi connectivity index (χ2n) is 4.67. The number of halogens is 2. The molecular formula is C13H17F2N. The van der Waals surface area contributed by atoms with Crippen LogP contribution in [0.1, 0.15) is 31.7 Å². The highest BCUT2D eigenvalue weighted by molar-refractivity contribution is 5.18. The fraction of sp³-hybridized carbons (Fsp3) is 0.538. The molecule has 1 N–H and O–H groups in total. The Morgan fingerprint density at radius 1 is 1.31 bits per heavy atom. The van der Waals surface area contributed by atoms with E-state index in [9.17, 15) is 8.78 Å². The molecule has 1 aliphatic carbocycles. The van der Waals surface area contributed by atoms with E-state index in [-0.39, 0.29) is 0 Å². The van der Waals surface area contributed by atoms with Crippen molar-refractivity contribution in [2.75, 3.05) is 6.54 Å². The summed E-state index contributed by atoms with van der Waals surface area (Å²) in [6.07, 6.45) is 3.66. The summed E-state index contributed by atoms with van der Waals surface area (Å²) in [5.41, 5.74) is 0.843. The third kappa shape index (κ3) is 2.40. The van der Waals surface area contributed by atoms with Crippen LogP contribution in [-0.4, -0.2) is 6.54 Å². The molecule has 1 fully saturated rings. The summed E-state index contributed by atoms with van der Waals surface area (Å²) < 4.78 is 26.2. The molecular weight excluding hydrogens is 208 g/mol. The van der Waals surface area contributed by atoms with Crippen LogP contribution < -0.4 is 5.32 Å². The van der Waals surface area contributed by atoms with E-state index >= 15 is 0 Å². The lowest BCUT2D eigenvalue weighted by molar-refractivity contribution is 0.435. The van der Waals surface area contributed by atoms with Crippen molar-refractivity contribution in [2.45, 2.75) is 32.7 Å². The van der Waals surface area contributed by atoms with Crippen LogP contribution in [-0.2, 0) is 6.54 Å². The molecule has 0 heterocycles. The lowest BCUT2D eigenvalue weighted by Crippen LogP contribution is -2.23. The van der Waals surface area contributed by atoms with Gasteiger partial charge in [-0.1, -0.05) is 19.1 Å². The molecule has 2 rings (SSSR count). The first kappa shape index (κ1) is 11.5. The molecule has 0 radical (unpaired) electrons. The molecule has 0 bridgehead atoms. The molecule has 1 aromatic carbocycles. The standard InChI is InChI=1S/C13H17F2N/c1-2-13(6-7-13)9-16-8-10-4-3-5-11(14)12(10)15/h3-5,16H,2,6-9H2,1H3. The van der Waals surface area contributed by atoms with Crippen molar-refractivity contribution in [1.82, 2.24) is 5.32 Å². The van der Waals surface area contributed by atoms with Crippen LogP contribution in [0.25, 0.3) is 0 Å². The van der Waals surface area contributed by atoms with Crippen molar-refractivity contribution in [3.8, 4) is 0 Å². The van der Waals surface area contributed by atoms with Gasteiger partial charge in [-0.25, -0.2) is 8.78 Å². The van der Waals surface area contributed by atoms with Gasteiger partial charge in [-0.3, -0.25) is 0 Å². The summed E-state index contributed by atoms with van der Waals surface area (Å²) in [7, 11) is 0. The first-order chi connectivity index (χ1) is 7.67. The smallest absolute Gasteiger partial charge is 0.163 e. The Morgan fingerprint density at radius 2 is 2.06 bits per heavy atom. The zero-order chi connectivity index (χ0) is 11.6. The SMILES string of the molecule is CCC1(CNCc2cccc(F)c2F)CC1. The molecule has 0 amide bonds. The molecule has 1 nitrogen and oxygen atoms in total. The van der Waals surface area contributed by atoms with E-state index in [4.69, 9.17) is 0 Å². The van der Waals surface area contributed by atoms with Crippen molar-refractivity contribution < 1.29 is 8.78 Å². The van der Waals surface area contributed by atoms with Gasteiger partial charge in [0.2, 0.25) is 0 Å². The summed E-state index contributed by atoms with van der Waals surface area (Å²) in [6, 6.07) is 4.31. The van der Waals surface area contributed by atoms with Crippen LogP contribution in [0.15, 0.2) is 18.2 Å². The van der Waals surface area contributed by atoms with E-state index in [1.165, 1.54) is 12.8 Å². The van der Waals surface area contributed by atoms with Gasteiger partial charge in [0.05, 0.1) is 0 Å². The normalized spacial score (nSPS) is 17.4. The third-order valence-corrected chi connectivity index (χ3v) is 3.55. The molecule has 0 aliphatic heterocycles. The predicted molar refractivity (Wildman–Crippen MR) is 60.0 cm³/mol. The van der Waals surface area contributed by atoms with Crippen LogP contribution in [0.5, 0.6) is 0 Å². The first-order valence-electron chi connectivity index (χ1n) is 5.80. The number of benzene rings is 1. The highest BCUT2D eigenvalue weighted by Crippen LogP contribution is 2.47. The van der Waals surface area contributed by atoms with Gasteiger partial charge in [0.25, 0.3) is 0 Å². The monoisotopic (exact) mass is 225 g/mol. The quantitative estimate of drug-likeness (QED) is 0.811. The van der Waals surface area contributed by atoms with Crippen LogP contribution >= 0.6 is 0 Å². The van der Waals surface area contributed by atoms with Crippen LogP contribution in [0.2, 0.25) is 0 Å². The van der Waals surface area contributed by atoms with Gasteiger partial charge in [-0.15, -0.1) is 0 Å². The number of hydrogen-bond donors (Lipinski definition) is 1. The highest BCUT2D eigenvalue weighted by atomic mass is 19.2. The Kier molecular flexibility index (Phi) is 3.24. The van der Waals surface area contributed by atoms with E-state index in [1.54, 1.807) is 12.1 Å². The molecule has 0 unspecified atom stereocenters. The zero-order valence-corrected chi connectivity index (χ0v) is 9.52. The average Bonchev–Trinajstić information content (AvgIpc) is 3.05. The summed E-state index contributed by atoms with van der Waals surface area (Å²) in [6.45, 7) is 3.49. The molecule has 3 heteroatoms. The van der Waals surface area contributed by atoms with Crippen LogP contribution in [0, 0.1) is 17.0 Å². The minimum Gasteiger partial charge on any atom is -0.312 e. The van der Waals surface area contributed by atoms with Gasteiger partial charge >= 0.3 is 0 Å². The van der Waals surface area contributed by atoms with Gasteiger partial charge < -0.3 is 5.32 Å². The predicted octanol–water partition coefficient (Wildman–Crippen LogP) is 3.24. The Morgan fingerprint density at radius 3 is 2.69 bits per heavy atom. The fourth-order valence-electron chi connectivity index (χ4n) is 1.98. The maximum absolute atomic E-state index is 13.3. The second-order valence-corrected chi connectivity index (χ2v) is 4.67. The maximum atomic E-state index is 13.3. The van der Waals surface area contributed by atoms with Gasteiger partial charge in [0.15, 0.2) is 11.6 Å². The molecule has 0 aromatic heterocycles. The maximum Gasteiger partial charge on any atom is 0.163 e. The van der Waals surface area contributed by atoms with Gasteiger partial charge in [-0.2, -0.15) is 0 Å². The third-order valence-electron chi connectivity index (χ3n) is 3.55. The van der Waals surface area contributed by atoms with Gasteiger partial charge in [0, 0.05) is 18.7 Å². The number of hydrogen-bond acceptors (Lipinski definition) is 1. The minimum atomic E-state index is -0.768. The van der Waals surface area contributed by atoms with Crippen molar-refractivity contribution in [1.29, 1.82) is 0 Å². The van der Waals surface area contributed by atoms with E-state index < -0.39 is 11.6 Å². The Balaban J connectivity index is 1.88. The molecule has 0 atom stereocenters. The number of nitrogens with one attached hydrogen (secondary N) is 1. The highest BCUT2D eigenvalue weighted by Gasteiger charge is 2.39. The molecule has 1 aromatic rings. The lowest BCUT2D eigenvalue weighted by Gasteiger charge is -2.13. The average molecular weight is 225 g/mol. The number of rotatable bonds is 5. The molecule has 0 spiro atoms. The van der Waals surface area contributed by atoms with Gasteiger partial charge in [-0.05, 0) is 30.7 Å². The minimum absolute atomic E-state index is 0.408. The van der Waals surface area contributed by atoms with E-state index in [2.05, 4.69) is 12.2 Å². The zero-order valence-electron chi connectivity index (χ0n) is 9.52. The summed E-state index contributed by atoms with van der Waals surface area (Å²) in [4.78, 5) is 0. The van der Waals surface area contributed by atoms with Crippen molar-refractivity contribution >= 4 is 0 Å². The Hall–Kier alpha value is -0.960. The van der Waals surface area contributed by atoms with E-state index in [0.29, 0.717) is 17.5 Å². The molecule has 88 valence electrons. The van der Waals surface area contributed by atoms with Crippen molar-refractivity contribution in [3.63, 3.8) is 0 Å². The molecule has 1 saturated carbocycles. The summed E-state index contributed by atoms with van der Waals surface area (Å²) >= 11 is 0. The lowest BCUT2D eigenvalue weighted by atomic mass is 10.0. The van der Waals surface area contributed by atoms with Crippen molar-refractivity contribution in [2.24, 2.45) is 5.41 Å². The second kappa shape index (κ2) is 4.50.